The summed E-state index contributed by atoms with van der Waals surface area (Å²) in [6.07, 6.45) is 0. The van der Waals surface area contributed by atoms with Crippen molar-refractivity contribution in [3.05, 3.63) is 29.8 Å². The van der Waals surface area contributed by atoms with Crippen molar-refractivity contribution in [1.82, 2.24) is 10.2 Å². The maximum absolute atomic E-state index is 12.5. The van der Waals surface area contributed by atoms with E-state index in [2.05, 4.69) is 12.2 Å². The summed E-state index contributed by atoms with van der Waals surface area (Å²) < 4.78 is 23.6. The Morgan fingerprint density at radius 3 is 2.48 bits per heavy atom. The normalized spacial score (nSPS) is 23.1. The van der Waals surface area contributed by atoms with Gasteiger partial charge in [0, 0.05) is 30.7 Å². The second kappa shape index (κ2) is 6.15. The topological polar surface area (TPSA) is 66.5 Å². The summed E-state index contributed by atoms with van der Waals surface area (Å²) in [6.45, 7) is 7.13. The van der Waals surface area contributed by atoms with Crippen LogP contribution in [0.2, 0.25) is 0 Å². The minimum atomic E-state index is -3.22. The summed E-state index contributed by atoms with van der Waals surface area (Å²) in [5, 5.41) is 3.33. The van der Waals surface area contributed by atoms with Crippen LogP contribution in [0.1, 0.15) is 31.1 Å². The van der Waals surface area contributed by atoms with E-state index in [1.54, 1.807) is 19.1 Å². The van der Waals surface area contributed by atoms with Crippen molar-refractivity contribution in [3.8, 4) is 0 Å². The number of nitrogens with zero attached hydrogens (tertiary/aromatic N) is 1. The van der Waals surface area contributed by atoms with Crippen LogP contribution < -0.4 is 5.32 Å². The van der Waals surface area contributed by atoms with Gasteiger partial charge in [-0.25, -0.2) is 8.42 Å². The molecular weight excluding hydrogens is 288 g/mol. The van der Waals surface area contributed by atoms with Gasteiger partial charge in [-0.15, -0.1) is 0 Å². The van der Waals surface area contributed by atoms with Crippen LogP contribution in [-0.4, -0.2) is 50.2 Å². The molecule has 1 N–H and O–H groups in total. The molecule has 1 heterocycles. The van der Waals surface area contributed by atoms with Crippen LogP contribution in [0.15, 0.2) is 29.2 Å². The third-order valence-electron chi connectivity index (χ3n) is 4.14. The van der Waals surface area contributed by atoms with Crippen LogP contribution in [0.4, 0.5) is 0 Å². The molecule has 1 aliphatic heterocycles. The van der Waals surface area contributed by atoms with Gasteiger partial charge in [-0.05, 0) is 38.1 Å². The van der Waals surface area contributed by atoms with Crippen molar-refractivity contribution in [2.45, 2.75) is 37.8 Å². The Morgan fingerprint density at radius 2 is 1.90 bits per heavy atom. The molecule has 1 aliphatic rings. The maximum atomic E-state index is 12.5. The lowest BCUT2D eigenvalue weighted by atomic mass is 10.1. The highest BCUT2D eigenvalue weighted by Crippen LogP contribution is 2.17. The number of rotatable bonds is 3. The molecule has 2 atom stereocenters. The minimum absolute atomic E-state index is 0.0451. The Bertz CT molecular complexity index is 610. The fraction of sp³-hybridized carbons (Fsp3) is 0.533. The van der Waals surface area contributed by atoms with Gasteiger partial charge in [-0.3, -0.25) is 4.79 Å². The first kappa shape index (κ1) is 16.0. The Labute approximate surface area is 126 Å². The average molecular weight is 310 g/mol. The number of nitrogens with one attached hydrogen (secondary N) is 1. The molecule has 1 amide bonds. The van der Waals surface area contributed by atoms with E-state index in [4.69, 9.17) is 0 Å². The summed E-state index contributed by atoms with van der Waals surface area (Å²) in [5.41, 5.74) is 0.533. The van der Waals surface area contributed by atoms with Gasteiger partial charge in [0.1, 0.15) is 0 Å². The van der Waals surface area contributed by atoms with Gasteiger partial charge in [-0.1, -0.05) is 6.92 Å². The molecule has 5 nitrogen and oxygen atoms in total. The van der Waals surface area contributed by atoms with E-state index in [9.17, 15) is 13.2 Å². The maximum Gasteiger partial charge on any atom is 0.254 e. The van der Waals surface area contributed by atoms with E-state index in [1.807, 2.05) is 11.8 Å². The van der Waals surface area contributed by atoms with Crippen molar-refractivity contribution in [1.29, 1.82) is 0 Å². The van der Waals surface area contributed by atoms with Gasteiger partial charge in [0.25, 0.3) is 5.91 Å². The summed E-state index contributed by atoms with van der Waals surface area (Å²) in [4.78, 5) is 14.6. The van der Waals surface area contributed by atoms with E-state index >= 15 is 0 Å². The quantitative estimate of drug-likeness (QED) is 0.914. The highest BCUT2D eigenvalue weighted by molar-refractivity contribution is 7.91. The fourth-order valence-corrected chi connectivity index (χ4v) is 3.36. The third-order valence-corrected chi connectivity index (χ3v) is 5.89. The van der Waals surface area contributed by atoms with Gasteiger partial charge >= 0.3 is 0 Å². The predicted octanol–water partition coefficient (Wildman–Crippen LogP) is 1.30. The first-order valence-corrected chi connectivity index (χ1v) is 8.89. The van der Waals surface area contributed by atoms with Crippen LogP contribution in [0, 0.1) is 0 Å². The molecule has 1 fully saturated rings. The second-order valence-electron chi connectivity index (χ2n) is 5.41. The van der Waals surface area contributed by atoms with Crippen LogP contribution in [0.3, 0.4) is 0 Å². The van der Waals surface area contributed by atoms with Gasteiger partial charge in [0.2, 0.25) is 0 Å². The number of carbonyl (C=O) groups excluding carboxylic acids is 1. The molecule has 1 aromatic carbocycles. The zero-order chi connectivity index (χ0) is 15.6. The van der Waals surface area contributed by atoms with Gasteiger partial charge < -0.3 is 10.2 Å². The predicted molar refractivity (Wildman–Crippen MR) is 82.1 cm³/mol. The molecule has 0 radical (unpaired) electrons. The molecule has 0 aromatic heterocycles. The molecular formula is C15H22N2O3S. The Hall–Kier alpha value is -1.40. The summed E-state index contributed by atoms with van der Waals surface area (Å²) in [6, 6.07) is 6.60. The molecule has 2 unspecified atom stereocenters. The number of piperazine rings is 1. The molecule has 1 aromatic rings. The lowest BCUT2D eigenvalue weighted by molar-refractivity contribution is 0.0603. The molecule has 21 heavy (non-hydrogen) atoms. The summed E-state index contributed by atoms with van der Waals surface area (Å²) in [5.74, 6) is 0.0170. The largest absolute Gasteiger partial charge is 0.333 e. The number of hydrogen-bond donors (Lipinski definition) is 1. The third kappa shape index (κ3) is 3.27. The standard InChI is InChI=1S/C15H22N2O3S/c1-4-21(19,20)14-7-5-13(6-8-14)15(18)17-10-9-16-11(2)12(17)3/h5-8,11-12,16H,4,9-10H2,1-3H3. The summed E-state index contributed by atoms with van der Waals surface area (Å²) in [7, 11) is -3.22. The molecule has 2 rings (SSSR count). The average Bonchev–Trinajstić information content (AvgIpc) is 2.49. The second-order valence-corrected chi connectivity index (χ2v) is 7.69. The lowest BCUT2D eigenvalue weighted by Gasteiger charge is -2.38. The van der Waals surface area contributed by atoms with Crippen molar-refractivity contribution in [2.75, 3.05) is 18.8 Å². The zero-order valence-electron chi connectivity index (χ0n) is 12.7. The first-order chi connectivity index (χ1) is 9.86. The smallest absolute Gasteiger partial charge is 0.254 e. The number of carbonyl (C=O) groups is 1. The monoisotopic (exact) mass is 310 g/mol. The Balaban J connectivity index is 2.21. The van der Waals surface area contributed by atoms with Crippen LogP contribution in [0.25, 0.3) is 0 Å². The van der Waals surface area contributed by atoms with E-state index < -0.39 is 9.84 Å². The number of amides is 1. The van der Waals surface area contributed by atoms with Crippen LogP contribution >= 0.6 is 0 Å². The molecule has 116 valence electrons. The minimum Gasteiger partial charge on any atom is -0.333 e. The van der Waals surface area contributed by atoms with Crippen molar-refractivity contribution in [3.63, 3.8) is 0 Å². The van der Waals surface area contributed by atoms with Crippen molar-refractivity contribution < 1.29 is 13.2 Å². The van der Waals surface area contributed by atoms with Gasteiger partial charge in [0.15, 0.2) is 9.84 Å². The van der Waals surface area contributed by atoms with Gasteiger partial charge in [0.05, 0.1) is 10.6 Å². The highest BCUT2D eigenvalue weighted by atomic mass is 32.2. The SMILES string of the molecule is CCS(=O)(=O)c1ccc(C(=O)N2CCNC(C)C2C)cc1. The van der Waals surface area contributed by atoms with E-state index in [1.165, 1.54) is 12.1 Å². The van der Waals surface area contributed by atoms with E-state index in [0.717, 1.165) is 6.54 Å². The lowest BCUT2D eigenvalue weighted by Crippen LogP contribution is -2.57. The van der Waals surface area contributed by atoms with E-state index in [0.29, 0.717) is 12.1 Å². The van der Waals surface area contributed by atoms with Gasteiger partial charge in [-0.2, -0.15) is 0 Å². The van der Waals surface area contributed by atoms with Crippen molar-refractivity contribution >= 4 is 15.7 Å². The van der Waals surface area contributed by atoms with Crippen LogP contribution in [0.5, 0.6) is 0 Å². The molecule has 1 saturated heterocycles. The van der Waals surface area contributed by atoms with Crippen LogP contribution in [-0.2, 0) is 9.84 Å². The first-order valence-electron chi connectivity index (χ1n) is 7.24. The van der Waals surface area contributed by atoms with E-state index in [-0.39, 0.29) is 28.6 Å². The number of benzene rings is 1. The number of sulfone groups is 1. The summed E-state index contributed by atoms with van der Waals surface area (Å²) >= 11 is 0. The Morgan fingerprint density at radius 1 is 1.29 bits per heavy atom. The zero-order valence-corrected chi connectivity index (χ0v) is 13.5. The molecule has 0 spiro atoms. The molecule has 0 aliphatic carbocycles. The van der Waals surface area contributed by atoms with Crippen molar-refractivity contribution in [2.24, 2.45) is 0 Å². The molecule has 0 bridgehead atoms. The molecule has 0 saturated carbocycles. The number of hydrogen-bond acceptors (Lipinski definition) is 4. The highest BCUT2D eigenvalue weighted by Gasteiger charge is 2.28. The molecule has 6 heteroatoms. The Kier molecular flexibility index (Phi) is 4.68. The fourth-order valence-electron chi connectivity index (χ4n) is 2.48.